The number of halogens is 2. The summed E-state index contributed by atoms with van der Waals surface area (Å²) in [6, 6.07) is 10.9. The van der Waals surface area contributed by atoms with Crippen LogP contribution >= 0.6 is 0 Å². The average Bonchev–Trinajstić information content (AvgIpc) is 2.75. The van der Waals surface area contributed by atoms with Crippen LogP contribution in [0.5, 0.6) is 0 Å². The first kappa shape index (κ1) is 24.3. The van der Waals surface area contributed by atoms with Crippen LogP contribution in [-0.4, -0.2) is 66.8 Å². The minimum atomic E-state index is -2.67. The van der Waals surface area contributed by atoms with Crippen molar-refractivity contribution in [2.75, 3.05) is 6.61 Å². The maximum absolute atomic E-state index is 14.2. The number of hydrogen-bond acceptors (Lipinski definition) is 6. The molecule has 0 radical (unpaired) electrons. The first-order valence-electron chi connectivity index (χ1n) is 9.65. The van der Waals surface area contributed by atoms with Crippen LogP contribution in [0.4, 0.5) is 8.78 Å². The first-order chi connectivity index (χ1) is 14.1. The average molecular weight is 426 g/mol. The molecule has 0 amide bonds. The molecular formula is C22H28F2O6. The Hall–Kier alpha value is -1.94. The van der Waals surface area contributed by atoms with E-state index in [2.05, 4.69) is 0 Å². The molecular weight excluding hydrogens is 398 g/mol. The molecule has 166 valence electrons. The van der Waals surface area contributed by atoms with Gasteiger partial charge in [-0.3, -0.25) is 0 Å². The van der Waals surface area contributed by atoms with Crippen LogP contribution in [0.1, 0.15) is 24.5 Å². The molecule has 0 fully saturated rings. The van der Waals surface area contributed by atoms with Gasteiger partial charge in [0.25, 0.3) is 0 Å². The zero-order valence-electron chi connectivity index (χ0n) is 16.6. The molecule has 6 N–H and O–H groups in total. The molecule has 6 nitrogen and oxygen atoms in total. The maximum atomic E-state index is 14.2. The molecule has 8 heteroatoms. The summed E-state index contributed by atoms with van der Waals surface area (Å²) < 4.78 is 28.3. The first-order valence-corrected chi connectivity index (χ1v) is 9.65. The monoisotopic (exact) mass is 426 g/mol. The van der Waals surface area contributed by atoms with Crippen molar-refractivity contribution in [3.63, 3.8) is 0 Å². The van der Waals surface area contributed by atoms with Crippen molar-refractivity contribution < 1.29 is 39.4 Å². The van der Waals surface area contributed by atoms with E-state index < -0.39 is 60.6 Å². The van der Waals surface area contributed by atoms with Gasteiger partial charge in [0.15, 0.2) is 0 Å². The van der Waals surface area contributed by atoms with Crippen LogP contribution in [-0.2, 0) is 12.8 Å². The summed E-state index contributed by atoms with van der Waals surface area (Å²) >= 11 is 0. The number of aliphatic hydroxyl groups excluding tert-OH is 4. The second-order valence-corrected chi connectivity index (χ2v) is 7.58. The van der Waals surface area contributed by atoms with Crippen LogP contribution in [0.15, 0.2) is 48.5 Å². The number of benzene rings is 2. The van der Waals surface area contributed by atoms with Crippen molar-refractivity contribution in [3.8, 4) is 0 Å². The van der Waals surface area contributed by atoms with E-state index in [1.807, 2.05) is 0 Å². The lowest BCUT2D eigenvalue weighted by Crippen LogP contribution is -2.66. The molecule has 5 atom stereocenters. The predicted molar refractivity (Wildman–Crippen MR) is 106 cm³/mol. The molecule has 2 rings (SSSR count). The molecule has 0 aliphatic carbocycles. The van der Waals surface area contributed by atoms with E-state index in [1.54, 1.807) is 0 Å². The summed E-state index contributed by atoms with van der Waals surface area (Å²) in [7, 11) is 0. The molecule has 0 heterocycles. The molecule has 0 aromatic heterocycles. The molecule has 0 saturated carbocycles. The molecule has 0 bridgehead atoms. The zero-order chi connectivity index (χ0) is 22.5. The minimum Gasteiger partial charge on any atom is -0.394 e. The highest BCUT2D eigenvalue weighted by atomic mass is 19.1. The van der Waals surface area contributed by atoms with E-state index in [0.29, 0.717) is 0 Å². The molecule has 1 unspecified atom stereocenters. The van der Waals surface area contributed by atoms with Gasteiger partial charge < -0.3 is 30.6 Å². The van der Waals surface area contributed by atoms with Crippen molar-refractivity contribution >= 4 is 0 Å². The second kappa shape index (κ2) is 9.91. The van der Waals surface area contributed by atoms with E-state index in [4.69, 9.17) is 0 Å². The van der Waals surface area contributed by atoms with E-state index >= 15 is 0 Å². The summed E-state index contributed by atoms with van der Waals surface area (Å²) in [6.07, 6.45) is -7.42. The van der Waals surface area contributed by atoms with Crippen LogP contribution in [0.2, 0.25) is 0 Å². The third kappa shape index (κ3) is 5.03. The van der Waals surface area contributed by atoms with Crippen molar-refractivity contribution in [3.05, 3.63) is 71.3 Å². The Labute approximate surface area is 173 Å². The van der Waals surface area contributed by atoms with Gasteiger partial charge in [-0.1, -0.05) is 43.3 Å². The molecule has 2 aromatic rings. The van der Waals surface area contributed by atoms with Crippen molar-refractivity contribution in [2.24, 2.45) is 0 Å². The van der Waals surface area contributed by atoms with Gasteiger partial charge in [0, 0.05) is 12.8 Å². The topological polar surface area (TPSA) is 121 Å². The van der Waals surface area contributed by atoms with Gasteiger partial charge in [-0.05, 0) is 29.7 Å². The fraction of sp³-hybridized carbons (Fsp3) is 0.455. The SMILES string of the molecule is CCC(O)(Cc1ccccc1F)[C@@H](O)[C@@](O)(Cc1ccccc1F)[C@H](O)[C@@H](O)CO. The summed E-state index contributed by atoms with van der Waals surface area (Å²) in [4.78, 5) is 0. The Morgan fingerprint density at radius 1 is 0.833 bits per heavy atom. The molecule has 0 aliphatic rings. The van der Waals surface area contributed by atoms with Gasteiger partial charge in [-0.25, -0.2) is 8.78 Å². The lowest BCUT2D eigenvalue weighted by atomic mass is 9.72. The van der Waals surface area contributed by atoms with Gasteiger partial charge in [0.2, 0.25) is 0 Å². The quantitative estimate of drug-likeness (QED) is 0.333. The lowest BCUT2D eigenvalue weighted by molar-refractivity contribution is -0.229. The third-order valence-corrected chi connectivity index (χ3v) is 5.54. The van der Waals surface area contributed by atoms with E-state index in [0.717, 1.165) is 6.07 Å². The van der Waals surface area contributed by atoms with Crippen molar-refractivity contribution in [2.45, 2.75) is 55.7 Å². The van der Waals surface area contributed by atoms with Crippen LogP contribution < -0.4 is 0 Å². The highest BCUT2D eigenvalue weighted by Crippen LogP contribution is 2.35. The van der Waals surface area contributed by atoms with Gasteiger partial charge in [-0.15, -0.1) is 0 Å². The minimum absolute atomic E-state index is 0.0614. The van der Waals surface area contributed by atoms with E-state index in [9.17, 15) is 39.4 Å². The number of aliphatic hydroxyl groups is 6. The van der Waals surface area contributed by atoms with Gasteiger partial charge in [0.05, 0.1) is 12.2 Å². The lowest BCUT2D eigenvalue weighted by Gasteiger charge is -2.45. The van der Waals surface area contributed by atoms with Gasteiger partial charge in [0.1, 0.15) is 35.5 Å². The Kier molecular flexibility index (Phi) is 8.04. The smallest absolute Gasteiger partial charge is 0.126 e. The Bertz CT molecular complexity index is 835. The standard InChI is InChI=1S/C22H28F2O6/c1-2-21(29,11-14-7-3-5-9-16(14)23)20(28)22(30,19(27)18(26)13-25)12-15-8-4-6-10-17(15)24/h3-10,18-20,25-30H,2,11-13H2,1H3/t18-,19+,20+,21?,22+/m0/s1. The number of hydrogen-bond donors (Lipinski definition) is 6. The fourth-order valence-corrected chi connectivity index (χ4v) is 3.59. The van der Waals surface area contributed by atoms with Crippen LogP contribution in [0.25, 0.3) is 0 Å². The number of rotatable bonds is 10. The summed E-state index contributed by atoms with van der Waals surface area (Å²) in [5.41, 5.74) is -4.84. The second-order valence-electron chi connectivity index (χ2n) is 7.58. The summed E-state index contributed by atoms with van der Waals surface area (Å²) in [6.45, 7) is 0.535. The zero-order valence-corrected chi connectivity index (χ0v) is 16.6. The summed E-state index contributed by atoms with van der Waals surface area (Å²) in [5, 5.41) is 63.0. The highest BCUT2D eigenvalue weighted by Gasteiger charge is 2.54. The molecule has 0 saturated heterocycles. The maximum Gasteiger partial charge on any atom is 0.126 e. The normalized spacial score (nSPS) is 18.8. The Morgan fingerprint density at radius 3 is 1.73 bits per heavy atom. The van der Waals surface area contributed by atoms with Crippen molar-refractivity contribution in [1.29, 1.82) is 0 Å². The van der Waals surface area contributed by atoms with Gasteiger partial charge in [-0.2, -0.15) is 0 Å². The van der Waals surface area contributed by atoms with Gasteiger partial charge >= 0.3 is 0 Å². The predicted octanol–water partition coefficient (Wildman–Crippen LogP) is 0.697. The fourth-order valence-electron chi connectivity index (χ4n) is 3.59. The van der Waals surface area contributed by atoms with Crippen molar-refractivity contribution in [1.82, 2.24) is 0 Å². The molecule has 2 aromatic carbocycles. The Balaban J connectivity index is 2.49. The highest BCUT2D eigenvalue weighted by molar-refractivity contribution is 5.24. The largest absolute Gasteiger partial charge is 0.394 e. The third-order valence-electron chi connectivity index (χ3n) is 5.54. The van der Waals surface area contributed by atoms with E-state index in [1.165, 1.54) is 49.4 Å². The molecule has 30 heavy (non-hydrogen) atoms. The van der Waals surface area contributed by atoms with E-state index in [-0.39, 0.29) is 17.5 Å². The summed E-state index contributed by atoms with van der Waals surface area (Å²) in [5.74, 6) is -1.37. The molecule has 0 aliphatic heterocycles. The van der Waals surface area contributed by atoms with Crippen LogP contribution in [0, 0.1) is 11.6 Å². The molecule has 0 spiro atoms. The van der Waals surface area contributed by atoms with Crippen LogP contribution in [0.3, 0.4) is 0 Å². The Morgan fingerprint density at radius 2 is 1.30 bits per heavy atom.